The van der Waals surface area contributed by atoms with Crippen LogP contribution in [0.3, 0.4) is 0 Å². The van der Waals surface area contributed by atoms with E-state index in [1.165, 1.54) is 47.5 Å². The molecule has 3 aromatic heterocycles. The van der Waals surface area contributed by atoms with Gasteiger partial charge in [0.05, 0.1) is 11.0 Å². The van der Waals surface area contributed by atoms with Crippen LogP contribution in [-0.4, -0.2) is 4.57 Å². The van der Waals surface area contributed by atoms with Crippen LogP contribution in [0.5, 0.6) is 0 Å². The van der Waals surface area contributed by atoms with Gasteiger partial charge in [-0.3, -0.25) is 0 Å². The number of rotatable bonds is 4. The van der Waals surface area contributed by atoms with Crippen LogP contribution in [0.25, 0.3) is 103 Å². The molecule has 0 aliphatic carbocycles. The number of fused-ring (bicyclic) bond motifs is 9. The van der Waals surface area contributed by atoms with Crippen molar-refractivity contribution in [2.75, 3.05) is 0 Å². The van der Waals surface area contributed by atoms with E-state index in [-0.39, 0.29) is 0 Å². The van der Waals surface area contributed by atoms with Crippen molar-refractivity contribution in [1.29, 1.82) is 0 Å². The number of hydrogen-bond donors (Lipinski definition) is 0. The first kappa shape index (κ1) is 29.6. The van der Waals surface area contributed by atoms with Crippen LogP contribution in [0.15, 0.2) is 174 Å². The molecule has 11 rings (SSSR count). The van der Waals surface area contributed by atoms with Crippen LogP contribution in [0.1, 0.15) is 0 Å². The molecule has 0 atom stereocenters. The van der Waals surface area contributed by atoms with E-state index in [2.05, 4.69) is 168 Å². The summed E-state index contributed by atoms with van der Waals surface area (Å²) in [7, 11) is 0. The Morgan fingerprint density at radius 2 is 1.00 bits per heavy atom. The molecule has 4 heteroatoms. The Balaban J connectivity index is 0.992. The average molecular weight is 702 g/mol. The molecule has 0 fully saturated rings. The molecule has 11 aromatic rings. The highest BCUT2D eigenvalue weighted by Gasteiger charge is 2.16. The first-order valence-electron chi connectivity index (χ1n) is 17.4. The van der Waals surface area contributed by atoms with Crippen molar-refractivity contribution in [2.45, 2.75) is 0 Å². The fourth-order valence-corrected chi connectivity index (χ4v) is 9.29. The van der Waals surface area contributed by atoms with Gasteiger partial charge in [0.15, 0.2) is 0 Å². The molecule has 8 aromatic carbocycles. The van der Waals surface area contributed by atoms with Crippen molar-refractivity contribution >= 4 is 86.9 Å². The van der Waals surface area contributed by atoms with Gasteiger partial charge in [0.2, 0.25) is 0 Å². The number of furan rings is 1. The fourth-order valence-electron chi connectivity index (χ4n) is 7.97. The van der Waals surface area contributed by atoms with Gasteiger partial charge in [0, 0.05) is 52.4 Å². The highest BCUT2D eigenvalue weighted by atomic mass is 35.5. The summed E-state index contributed by atoms with van der Waals surface area (Å²) in [6, 6.07) is 60.8. The molecule has 0 saturated carbocycles. The molecule has 0 saturated heterocycles. The summed E-state index contributed by atoms with van der Waals surface area (Å²) in [5.41, 5.74) is 12.0. The van der Waals surface area contributed by atoms with Gasteiger partial charge in [0.25, 0.3) is 0 Å². The monoisotopic (exact) mass is 701 g/mol. The minimum atomic E-state index is 0.709. The van der Waals surface area contributed by atoms with Crippen molar-refractivity contribution in [3.05, 3.63) is 175 Å². The number of thiophene rings is 1. The van der Waals surface area contributed by atoms with E-state index in [0.29, 0.717) is 5.02 Å². The summed E-state index contributed by atoms with van der Waals surface area (Å²) in [4.78, 5) is 0. The topological polar surface area (TPSA) is 18.1 Å². The Kier molecular flexibility index (Phi) is 6.51. The molecule has 244 valence electrons. The smallest absolute Gasteiger partial charge is 0.136 e. The second kappa shape index (κ2) is 11.4. The van der Waals surface area contributed by atoms with Crippen molar-refractivity contribution in [1.82, 2.24) is 4.57 Å². The molecule has 0 amide bonds. The Morgan fingerprint density at radius 1 is 0.385 bits per heavy atom. The quantitative estimate of drug-likeness (QED) is 0.179. The highest BCUT2D eigenvalue weighted by molar-refractivity contribution is 7.25. The van der Waals surface area contributed by atoms with E-state index >= 15 is 0 Å². The summed E-state index contributed by atoms with van der Waals surface area (Å²) in [6.07, 6.45) is 0. The van der Waals surface area contributed by atoms with Crippen LogP contribution in [0.2, 0.25) is 5.02 Å². The van der Waals surface area contributed by atoms with E-state index in [0.717, 1.165) is 55.4 Å². The molecular weight excluding hydrogens is 674 g/mol. The lowest BCUT2D eigenvalue weighted by Crippen LogP contribution is -1.93. The van der Waals surface area contributed by atoms with E-state index < -0.39 is 0 Å². The zero-order valence-electron chi connectivity index (χ0n) is 27.8. The zero-order chi connectivity index (χ0) is 34.3. The number of nitrogens with zero attached hydrogens (tertiary/aromatic N) is 1. The van der Waals surface area contributed by atoms with E-state index in [9.17, 15) is 0 Å². The van der Waals surface area contributed by atoms with Gasteiger partial charge >= 0.3 is 0 Å². The van der Waals surface area contributed by atoms with Crippen LogP contribution >= 0.6 is 22.9 Å². The third-order valence-corrected chi connectivity index (χ3v) is 11.8. The first-order chi connectivity index (χ1) is 25.6. The van der Waals surface area contributed by atoms with E-state index in [4.69, 9.17) is 16.0 Å². The number of aromatic nitrogens is 1. The summed E-state index contributed by atoms with van der Waals surface area (Å²) >= 11 is 8.62. The maximum absolute atomic E-state index is 6.78. The molecule has 0 aliphatic rings. The third-order valence-electron chi connectivity index (χ3n) is 10.4. The van der Waals surface area contributed by atoms with Crippen LogP contribution in [0, 0.1) is 0 Å². The molecule has 0 bridgehead atoms. The summed E-state index contributed by atoms with van der Waals surface area (Å²) in [5.74, 6) is 0. The maximum atomic E-state index is 6.78. The standard InChI is InChI=1S/C48H28ClNOS/c49-35-23-33(30-17-21-48-42(26-30)40-11-5-7-13-47(40)52-48)22-34(24-35)32-15-19-39-41-25-29(16-20-45(41)51-46(39)28-32)31-14-18-38-37-10-4-6-12-43(37)50(44(38)27-31)36-8-2-1-3-9-36/h1-28H. The van der Waals surface area contributed by atoms with Gasteiger partial charge in [0.1, 0.15) is 11.2 Å². The molecule has 0 unspecified atom stereocenters. The SMILES string of the molecule is Clc1cc(-c2ccc3c(c2)oc2ccc(-c4ccc5c6ccccc6n(-c6ccccc6)c5c4)cc23)cc(-c2ccc3sc4ccccc4c3c2)c1. The maximum Gasteiger partial charge on any atom is 0.136 e. The predicted molar refractivity (Wildman–Crippen MR) is 222 cm³/mol. The summed E-state index contributed by atoms with van der Waals surface area (Å²) < 4.78 is 11.4. The molecular formula is C48H28ClNOS. The number of benzene rings is 8. The molecule has 0 spiro atoms. The van der Waals surface area contributed by atoms with Gasteiger partial charge in [-0.25, -0.2) is 0 Å². The van der Waals surface area contributed by atoms with E-state index in [1.807, 2.05) is 17.4 Å². The molecule has 0 aliphatic heterocycles. The van der Waals surface area contributed by atoms with Gasteiger partial charge in [-0.05, 0) is 118 Å². The third kappa shape index (κ3) is 4.64. The van der Waals surface area contributed by atoms with Crippen molar-refractivity contribution in [3.63, 3.8) is 0 Å². The Morgan fingerprint density at radius 3 is 1.87 bits per heavy atom. The number of halogens is 1. The fraction of sp³-hybridized carbons (Fsp3) is 0. The Bertz CT molecular complexity index is 3200. The van der Waals surface area contributed by atoms with Crippen molar-refractivity contribution in [3.8, 4) is 39.1 Å². The minimum Gasteiger partial charge on any atom is -0.456 e. The molecule has 3 heterocycles. The lowest BCUT2D eigenvalue weighted by atomic mass is 9.97. The van der Waals surface area contributed by atoms with Gasteiger partial charge in [-0.1, -0.05) is 96.5 Å². The summed E-state index contributed by atoms with van der Waals surface area (Å²) in [6.45, 7) is 0. The second-order valence-corrected chi connectivity index (χ2v) is 15.0. The van der Waals surface area contributed by atoms with Crippen LogP contribution < -0.4 is 0 Å². The van der Waals surface area contributed by atoms with Crippen LogP contribution in [-0.2, 0) is 0 Å². The largest absolute Gasteiger partial charge is 0.456 e. The lowest BCUT2D eigenvalue weighted by molar-refractivity contribution is 0.669. The lowest BCUT2D eigenvalue weighted by Gasteiger charge is -2.09. The first-order valence-corrected chi connectivity index (χ1v) is 18.6. The summed E-state index contributed by atoms with van der Waals surface area (Å²) in [5, 5.41) is 7.98. The highest BCUT2D eigenvalue weighted by Crippen LogP contribution is 2.40. The Hall–Kier alpha value is -6.13. The van der Waals surface area contributed by atoms with Crippen LogP contribution in [0.4, 0.5) is 0 Å². The predicted octanol–water partition coefficient (Wildman–Crippen LogP) is 14.7. The molecule has 0 N–H and O–H groups in total. The normalized spacial score (nSPS) is 11.9. The molecule has 52 heavy (non-hydrogen) atoms. The number of hydrogen-bond acceptors (Lipinski definition) is 2. The zero-order valence-corrected chi connectivity index (χ0v) is 29.4. The van der Waals surface area contributed by atoms with E-state index in [1.54, 1.807) is 0 Å². The minimum absolute atomic E-state index is 0.709. The van der Waals surface area contributed by atoms with Crippen molar-refractivity contribution < 1.29 is 4.42 Å². The van der Waals surface area contributed by atoms with Crippen molar-refractivity contribution in [2.24, 2.45) is 0 Å². The molecule has 2 nitrogen and oxygen atoms in total. The second-order valence-electron chi connectivity index (χ2n) is 13.5. The van der Waals surface area contributed by atoms with Gasteiger partial charge in [-0.2, -0.15) is 0 Å². The molecule has 0 radical (unpaired) electrons. The number of para-hydroxylation sites is 2. The Labute approximate surface area is 308 Å². The average Bonchev–Trinajstić information content (AvgIpc) is 3.86. The van der Waals surface area contributed by atoms with Gasteiger partial charge in [-0.15, -0.1) is 11.3 Å². The van der Waals surface area contributed by atoms with Gasteiger partial charge < -0.3 is 8.98 Å².